The lowest BCUT2D eigenvalue weighted by molar-refractivity contribution is 0.0374. The van der Waals surface area contributed by atoms with Crippen molar-refractivity contribution in [2.24, 2.45) is 0 Å². The van der Waals surface area contributed by atoms with Gasteiger partial charge in [0.1, 0.15) is 5.82 Å². The number of ether oxygens (including phenoxy) is 2. The van der Waals surface area contributed by atoms with Gasteiger partial charge in [0.15, 0.2) is 17.3 Å². The van der Waals surface area contributed by atoms with E-state index in [0.717, 1.165) is 17.2 Å². The third-order valence-corrected chi connectivity index (χ3v) is 7.04. The van der Waals surface area contributed by atoms with E-state index >= 15 is 4.39 Å². The van der Waals surface area contributed by atoms with Crippen molar-refractivity contribution < 1.29 is 32.2 Å². The number of amides is 2. The highest BCUT2D eigenvalue weighted by Crippen LogP contribution is 2.46. The lowest BCUT2D eigenvalue weighted by atomic mass is 9.79. The summed E-state index contributed by atoms with van der Waals surface area (Å²) < 4.78 is 55.4. The van der Waals surface area contributed by atoms with Gasteiger partial charge in [-0.3, -0.25) is 14.3 Å². The third-order valence-electron chi connectivity index (χ3n) is 7.04. The molecule has 3 atom stereocenters. The number of benzene rings is 2. The Morgan fingerprint density at radius 2 is 1.87 bits per heavy atom. The van der Waals surface area contributed by atoms with Gasteiger partial charge in [-0.2, -0.15) is 5.10 Å². The van der Waals surface area contributed by atoms with E-state index in [-0.39, 0.29) is 17.0 Å². The van der Waals surface area contributed by atoms with Crippen LogP contribution in [0.15, 0.2) is 53.5 Å². The zero-order valence-corrected chi connectivity index (χ0v) is 21.1. The molecule has 0 spiro atoms. The summed E-state index contributed by atoms with van der Waals surface area (Å²) >= 11 is 0. The quantitative estimate of drug-likeness (QED) is 0.441. The second-order valence-electron chi connectivity index (χ2n) is 9.57. The maximum Gasteiger partial charge on any atom is 0.412 e. The van der Waals surface area contributed by atoms with Crippen LogP contribution < -0.4 is 10.2 Å². The third kappa shape index (κ3) is 4.70. The summed E-state index contributed by atoms with van der Waals surface area (Å²) in [5.41, 5.74) is -0.472. The van der Waals surface area contributed by atoms with Gasteiger partial charge < -0.3 is 19.3 Å². The molecular formula is C27H25F3N4O5. The zero-order chi connectivity index (χ0) is 27.8. The van der Waals surface area contributed by atoms with Gasteiger partial charge in [0.25, 0.3) is 5.91 Å². The standard InChI is InChI=1S/C27H25F3N4O5/c1-32(2)27(37)39-14-38-25-20(35)13-31-34-23(19-7-4-12-33(19)26(36)24(25)34)21(15-8-10-16(28)11-9-15)17-5-3-6-18(29)22(17)30/h3,5-6,8-11,13,19,21,23H,4,7,12,14H2,1-2H3/t19-,21?,23-/m1/s1. The summed E-state index contributed by atoms with van der Waals surface area (Å²) in [5.74, 6) is -4.48. The van der Waals surface area contributed by atoms with Gasteiger partial charge in [0.2, 0.25) is 18.0 Å². The Hall–Kier alpha value is -4.35. The molecular weight excluding hydrogens is 517 g/mol. The number of halogens is 3. The summed E-state index contributed by atoms with van der Waals surface area (Å²) in [6, 6.07) is 7.88. The molecule has 1 unspecified atom stereocenters. The molecule has 2 aliphatic heterocycles. The highest BCUT2D eigenvalue weighted by atomic mass is 19.2. The minimum Gasteiger partial charge on any atom is -0.451 e. The highest BCUT2D eigenvalue weighted by molar-refractivity contribution is 5.96. The smallest absolute Gasteiger partial charge is 0.412 e. The minimum absolute atomic E-state index is 0.0124. The molecule has 3 heterocycles. The van der Waals surface area contributed by atoms with Crippen molar-refractivity contribution in [1.82, 2.24) is 19.6 Å². The Morgan fingerprint density at radius 3 is 2.59 bits per heavy atom. The Kier molecular flexibility index (Phi) is 7.02. The number of hydrogen-bond acceptors (Lipinski definition) is 6. The van der Waals surface area contributed by atoms with Crippen molar-refractivity contribution >= 4 is 12.0 Å². The van der Waals surface area contributed by atoms with Crippen LogP contribution in [0, 0.1) is 17.5 Å². The van der Waals surface area contributed by atoms with Crippen molar-refractivity contribution in [2.45, 2.75) is 30.8 Å². The monoisotopic (exact) mass is 542 g/mol. The van der Waals surface area contributed by atoms with E-state index in [1.54, 1.807) is 4.90 Å². The first-order chi connectivity index (χ1) is 18.7. The van der Waals surface area contributed by atoms with Crippen molar-refractivity contribution in [3.8, 4) is 5.75 Å². The molecule has 39 heavy (non-hydrogen) atoms. The van der Waals surface area contributed by atoms with Gasteiger partial charge >= 0.3 is 6.09 Å². The van der Waals surface area contributed by atoms with E-state index in [1.807, 2.05) is 0 Å². The van der Waals surface area contributed by atoms with Crippen LogP contribution in [0.25, 0.3) is 0 Å². The molecule has 1 fully saturated rings. The average molecular weight is 543 g/mol. The fourth-order valence-corrected chi connectivity index (χ4v) is 5.33. The Morgan fingerprint density at radius 1 is 1.13 bits per heavy atom. The van der Waals surface area contributed by atoms with E-state index < -0.39 is 59.7 Å². The largest absolute Gasteiger partial charge is 0.451 e. The summed E-state index contributed by atoms with van der Waals surface area (Å²) in [7, 11) is 2.93. The van der Waals surface area contributed by atoms with Crippen molar-refractivity contribution in [3.63, 3.8) is 0 Å². The van der Waals surface area contributed by atoms with Crippen molar-refractivity contribution in [1.29, 1.82) is 0 Å². The van der Waals surface area contributed by atoms with Gasteiger partial charge in [-0.15, -0.1) is 0 Å². The molecule has 2 amide bonds. The summed E-state index contributed by atoms with van der Waals surface area (Å²) in [6.07, 6.45) is 1.40. The molecule has 12 heteroatoms. The van der Waals surface area contributed by atoms with E-state index in [4.69, 9.17) is 9.47 Å². The van der Waals surface area contributed by atoms with E-state index in [2.05, 4.69) is 5.10 Å². The lowest BCUT2D eigenvalue weighted by Crippen LogP contribution is -2.51. The first kappa shape index (κ1) is 26.3. The number of carbonyl (C=O) groups is 2. The Bertz CT molecular complexity index is 1480. The summed E-state index contributed by atoms with van der Waals surface area (Å²) in [6.45, 7) is -0.287. The SMILES string of the molecule is CN(C)C(=O)OCOc1c2n(ncc1=O)[C@@H](C(c1ccc(F)cc1)c1cccc(F)c1F)[C@H]1CCCN1C2=O. The van der Waals surface area contributed by atoms with Crippen LogP contribution in [0.3, 0.4) is 0 Å². The number of fused-ring (bicyclic) bond motifs is 2. The molecule has 0 bridgehead atoms. The normalized spacial score (nSPS) is 18.8. The number of nitrogens with zero attached hydrogens (tertiary/aromatic N) is 4. The molecule has 0 N–H and O–H groups in total. The van der Waals surface area contributed by atoms with Crippen LogP contribution in [0.2, 0.25) is 0 Å². The number of carbonyl (C=O) groups excluding carboxylic acids is 2. The van der Waals surface area contributed by atoms with Gasteiger partial charge in [-0.1, -0.05) is 24.3 Å². The van der Waals surface area contributed by atoms with Crippen LogP contribution in [0.1, 0.15) is 46.4 Å². The van der Waals surface area contributed by atoms with Crippen LogP contribution in [-0.2, 0) is 4.74 Å². The molecule has 5 rings (SSSR count). The van der Waals surface area contributed by atoms with Crippen LogP contribution in [-0.4, -0.2) is 65.1 Å². The topological polar surface area (TPSA) is 94.0 Å². The minimum atomic E-state index is -1.08. The number of rotatable bonds is 6. The molecule has 0 aliphatic carbocycles. The predicted octanol–water partition coefficient (Wildman–Crippen LogP) is 3.69. The maximum atomic E-state index is 15.3. The fourth-order valence-electron chi connectivity index (χ4n) is 5.33. The molecule has 1 saturated heterocycles. The zero-order valence-electron chi connectivity index (χ0n) is 21.1. The molecule has 0 saturated carbocycles. The van der Waals surface area contributed by atoms with Crippen LogP contribution in [0.5, 0.6) is 5.75 Å². The first-order valence-corrected chi connectivity index (χ1v) is 12.3. The molecule has 204 valence electrons. The fraction of sp³-hybridized carbons (Fsp3) is 0.333. The number of hydrogen-bond donors (Lipinski definition) is 0. The highest BCUT2D eigenvalue weighted by Gasteiger charge is 2.49. The summed E-state index contributed by atoms with van der Waals surface area (Å²) in [4.78, 5) is 41.0. The van der Waals surface area contributed by atoms with Gasteiger partial charge in [-0.05, 0) is 36.6 Å². The van der Waals surface area contributed by atoms with Crippen molar-refractivity contribution in [3.05, 3.63) is 93.2 Å². The van der Waals surface area contributed by atoms with E-state index in [0.29, 0.717) is 24.9 Å². The van der Waals surface area contributed by atoms with Crippen LogP contribution >= 0.6 is 0 Å². The van der Waals surface area contributed by atoms with Gasteiger partial charge in [0.05, 0.1) is 18.3 Å². The second-order valence-corrected chi connectivity index (χ2v) is 9.57. The lowest BCUT2D eigenvalue weighted by Gasteiger charge is -2.42. The van der Waals surface area contributed by atoms with Gasteiger partial charge in [-0.25, -0.2) is 18.0 Å². The predicted molar refractivity (Wildman–Crippen MR) is 132 cm³/mol. The second kappa shape index (κ2) is 10.4. The average Bonchev–Trinajstić information content (AvgIpc) is 3.40. The molecule has 0 radical (unpaired) electrons. The molecule has 2 aromatic carbocycles. The summed E-state index contributed by atoms with van der Waals surface area (Å²) in [5, 5.41) is 4.26. The van der Waals surface area contributed by atoms with E-state index in [9.17, 15) is 23.2 Å². The first-order valence-electron chi connectivity index (χ1n) is 12.3. The molecule has 1 aromatic heterocycles. The van der Waals surface area contributed by atoms with Crippen molar-refractivity contribution in [2.75, 3.05) is 27.4 Å². The Balaban J connectivity index is 1.69. The van der Waals surface area contributed by atoms with Gasteiger partial charge in [0, 0.05) is 32.1 Å². The number of aromatic nitrogens is 2. The van der Waals surface area contributed by atoms with E-state index in [1.165, 1.54) is 55.2 Å². The molecule has 3 aromatic rings. The molecule has 2 aliphatic rings. The maximum absolute atomic E-state index is 15.3. The molecule has 9 nitrogen and oxygen atoms in total. The van der Waals surface area contributed by atoms with Crippen LogP contribution in [0.4, 0.5) is 18.0 Å². The Labute approximate surface area is 221 Å².